The molecule has 0 atom stereocenters. The van der Waals surface area contributed by atoms with Gasteiger partial charge in [0.2, 0.25) is 0 Å². The third kappa shape index (κ3) is 1.64. The van der Waals surface area contributed by atoms with Crippen LogP contribution in [0.25, 0.3) is 11.1 Å². The Morgan fingerprint density at radius 3 is 2.13 bits per heavy atom. The highest BCUT2D eigenvalue weighted by Crippen LogP contribution is 2.36. The molecule has 0 unspecified atom stereocenters. The van der Waals surface area contributed by atoms with Gasteiger partial charge in [-0.1, -0.05) is 24.3 Å². The fourth-order valence-corrected chi connectivity index (χ4v) is 1.46. The molecule has 0 aliphatic carbocycles. The Bertz CT molecular complexity index is 474. The molecular formula is C12H9FO2. The number of hydrogen-bond acceptors (Lipinski definition) is 2. The summed E-state index contributed by atoms with van der Waals surface area (Å²) in [4.78, 5) is 0. The minimum atomic E-state index is -0.559. The van der Waals surface area contributed by atoms with Crippen LogP contribution in [0.15, 0.2) is 42.5 Å². The SMILES string of the molecule is Oc1ccccc1-c1c(O)cccc1F. The van der Waals surface area contributed by atoms with Crippen LogP contribution < -0.4 is 0 Å². The molecule has 0 radical (unpaired) electrons. The number of phenols is 2. The van der Waals surface area contributed by atoms with E-state index in [9.17, 15) is 14.6 Å². The van der Waals surface area contributed by atoms with Gasteiger partial charge in [-0.05, 0) is 18.2 Å². The minimum Gasteiger partial charge on any atom is -0.507 e. The molecule has 0 fully saturated rings. The van der Waals surface area contributed by atoms with Crippen molar-refractivity contribution >= 4 is 0 Å². The zero-order valence-electron chi connectivity index (χ0n) is 7.81. The van der Waals surface area contributed by atoms with E-state index in [4.69, 9.17) is 0 Å². The summed E-state index contributed by atoms with van der Waals surface area (Å²) >= 11 is 0. The number of rotatable bonds is 1. The van der Waals surface area contributed by atoms with Crippen molar-refractivity contribution in [3.8, 4) is 22.6 Å². The van der Waals surface area contributed by atoms with Crippen molar-refractivity contribution in [1.82, 2.24) is 0 Å². The Morgan fingerprint density at radius 2 is 1.47 bits per heavy atom. The van der Waals surface area contributed by atoms with Crippen LogP contribution in [-0.2, 0) is 0 Å². The molecule has 0 spiro atoms. The smallest absolute Gasteiger partial charge is 0.134 e. The molecule has 0 amide bonds. The first-order chi connectivity index (χ1) is 7.20. The standard InChI is InChI=1S/C12H9FO2/c13-9-5-3-7-11(15)12(9)8-4-1-2-6-10(8)14/h1-7,14-15H. The third-order valence-corrected chi connectivity index (χ3v) is 2.17. The van der Waals surface area contributed by atoms with E-state index in [-0.39, 0.29) is 22.6 Å². The van der Waals surface area contributed by atoms with Gasteiger partial charge >= 0.3 is 0 Å². The molecule has 76 valence electrons. The van der Waals surface area contributed by atoms with Crippen molar-refractivity contribution < 1.29 is 14.6 Å². The molecule has 2 aromatic carbocycles. The minimum absolute atomic E-state index is 0.0237. The van der Waals surface area contributed by atoms with E-state index in [1.54, 1.807) is 18.2 Å². The topological polar surface area (TPSA) is 40.5 Å². The van der Waals surface area contributed by atoms with E-state index >= 15 is 0 Å². The average molecular weight is 204 g/mol. The summed E-state index contributed by atoms with van der Waals surface area (Å²) in [5.41, 5.74) is 0.309. The van der Waals surface area contributed by atoms with Crippen LogP contribution in [0.4, 0.5) is 4.39 Å². The lowest BCUT2D eigenvalue weighted by molar-refractivity contribution is 0.464. The van der Waals surface area contributed by atoms with Gasteiger partial charge in [0.1, 0.15) is 17.3 Å². The molecule has 2 aromatic rings. The summed E-state index contributed by atoms with van der Waals surface area (Å²) in [5, 5.41) is 19.1. The first kappa shape index (κ1) is 9.52. The van der Waals surface area contributed by atoms with Gasteiger partial charge in [0.05, 0.1) is 5.56 Å². The van der Waals surface area contributed by atoms with E-state index in [2.05, 4.69) is 0 Å². The van der Waals surface area contributed by atoms with Crippen molar-refractivity contribution in [2.45, 2.75) is 0 Å². The molecule has 0 heterocycles. The second-order valence-electron chi connectivity index (χ2n) is 3.15. The van der Waals surface area contributed by atoms with Crippen LogP contribution in [0, 0.1) is 5.82 Å². The Hall–Kier alpha value is -2.03. The summed E-state index contributed by atoms with van der Waals surface area (Å²) in [6, 6.07) is 10.3. The highest BCUT2D eigenvalue weighted by molar-refractivity contribution is 5.75. The number of phenolic OH excluding ortho intramolecular Hbond substituents is 2. The van der Waals surface area contributed by atoms with Crippen LogP contribution >= 0.6 is 0 Å². The van der Waals surface area contributed by atoms with Crippen LogP contribution in [0.1, 0.15) is 0 Å². The van der Waals surface area contributed by atoms with Crippen molar-refractivity contribution in [2.24, 2.45) is 0 Å². The summed E-state index contributed by atoms with van der Waals surface area (Å²) < 4.78 is 13.4. The number of benzene rings is 2. The normalized spacial score (nSPS) is 10.2. The number of aromatic hydroxyl groups is 2. The number of halogens is 1. The summed E-state index contributed by atoms with van der Waals surface area (Å²) in [6.45, 7) is 0. The quantitative estimate of drug-likeness (QED) is 0.749. The van der Waals surface area contributed by atoms with E-state index in [0.717, 1.165) is 0 Å². The Labute approximate surface area is 86.2 Å². The molecule has 2 rings (SSSR count). The summed E-state index contributed by atoms with van der Waals surface area (Å²) in [6.07, 6.45) is 0. The molecule has 0 aliphatic rings. The van der Waals surface area contributed by atoms with Crippen LogP contribution in [0.5, 0.6) is 11.5 Å². The monoisotopic (exact) mass is 204 g/mol. The van der Waals surface area contributed by atoms with Crippen LogP contribution in [0.3, 0.4) is 0 Å². The zero-order chi connectivity index (χ0) is 10.8. The summed E-state index contributed by atoms with van der Waals surface area (Å²) in [7, 11) is 0. The van der Waals surface area contributed by atoms with Crippen molar-refractivity contribution in [1.29, 1.82) is 0 Å². The predicted octanol–water partition coefficient (Wildman–Crippen LogP) is 2.90. The molecular weight excluding hydrogens is 195 g/mol. The van der Waals surface area contributed by atoms with E-state index in [0.29, 0.717) is 0 Å². The maximum absolute atomic E-state index is 13.4. The number of para-hydroxylation sites is 1. The fourth-order valence-electron chi connectivity index (χ4n) is 1.46. The Kier molecular flexibility index (Phi) is 2.29. The average Bonchev–Trinajstić information content (AvgIpc) is 2.20. The molecule has 2 N–H and O–H groups in total. The molecule has 0 aliphatic heterocycles. The van der Waals surface area contributed by atoms with Crippen LogP contribution in [-0.4, -0.2) is 10.2 Å². The van der Waals surface area contributed by atoms with E-state index in [1.807, 2.05) is 0 Å². The van der Waals surface area contributed by atoms with E-state index < -0.39 is 5.82 Å². The van der Waals surface area contributed by atoms with E-state index in [1.165, 1.54) is 24.3 Å². The zero-order valence-corrected chi connectivity index (χ0v) is 7.81. The lowest BCUT2D eigenvalue weighted by atomic mass is 10.0. The number of hydrogen-bond donors (Lipinski definition) is 2. The first-order valence-electron chi connectivity index (χ1n) is 4.46. The molecule has 2 nitrogen and oxygen atoms in total. The van der Waals surface area contributed by atoms with Crippen molar-refractivity contribution in [2.75, 3.05) is 0 Å². The highest BCUT2D eigenvalue weighted by atomic mass is 19.1. The summed E-state index contributed by atoms with van der Waals surface area (Å²) in [5.74, 6) is -0.800. The molecule has 0 saturated heterocycles. The van der Waals surface area contributed by atoms with Crippen molar-refractivity contribution in [3.63, 3.8) is 0 Å². The lowest BCUT2D eigenvalue weighted by Crippen LogP contribution is -1.85. The maximum Gasteiger partial charge on any atom is 0.134 e. The molecule has 3 heteroatoms. The third-order valence-electron chi connectivity index (χ3n) is 2.17. The molecule has 0 aromatic heterocycles. The van der Waals surface area contributed by atoms with Gasteiger partial charge in [-0.25, -0.2) is 4.39 Å². The molecule has 15 heavy (non-hydrogen) atoms. The van der Waals surface area contributed by atoms with Gasteiger partial charge in [0.25, 0.3) is 0 Å². The van der Waals surface area contributed by atoms with Gasteiger partial charge in [0.15, 0.2) is 0 Å². The fraction of sp³-hybridized carbons (Fsp3) is 0. The molecule has 0 bridgehead atoms. The van der Waals surface area contributed by atoms with Gasteiger partial charge in [-0.2, -0.15) is 0 Å². The molecule has 0 saturated carbocycles. The van der Waals surface area contributed by atoms with Gasteiger partial charge < -0.3 is 10.2 Å². The van der Waals surface area contributed by atoms with Gasteiger partial charge in [0, 0.05) is 5.56 Å². The van der Waals surface area contributed by atoms with Gasteiger partial charge in [-0.15, -0.1) is 0 Å². The van der Waals surface area contributed by atoms with Crippen molar-refractivity contribution in [3.05, 3.63) is 48.3 Å². The second-order valence-corrected chi connectivity index (χ2v) is 3.15. The second kappa shape index (κ2) is 3.61. The Morgan fingerprint density at radius 1 is 0.800 bits per heavy atom. The lowest BCUT2D eigenvalue weighted by Gasteiger charge is -2.07. The van der Waals surface area contributed by atoms with Gasteiger partial charge in [-0.3, -0.25) is 0 Å². The predicted molar refractivity (Wildman–Crippen MR) is 55.2 cm³/mol. The highest BCUT2D eigenvalue weighted by Gasteiger charge is 2.12. The Balaban J connectivity index is 2.69. The maximum atomic E-state index is 13.4. The first-order valence-corrected chi connectivity index (χ1v) is 4.46. The van der Waals surface area contributed by atoms with Crippen LogP contribution in [0.2, 0.25) is 0 Å². The largest absolute Gasteiger partial charge is 0.507 e.